The summed E-state index contributed by atoms with van der Waals surface area (Å²) in [4.78, 5) is 8.22. The average Bonchev–Trinajstić information content (AvgIpc) is 2.38. The molecule has 2 heterocycles. The van der Waals surface area contributed by atoms with Gasteiger partial charge in [-0.2, -0.15) is 5.26 Å². The molecule has 2 rings (SSSR count). The number of pyridine rings is 2. The Hall–Kier alpha value is -2.41. The van der Waals surface area contributed by atoms with Crippen molar-refractivity contribution in [1.29, 1.82) is 5.26 Å². The van der Waals surface area contributed by atoms with Crippen LogP contribution in [-0.2, 0) is 6.54 Å². The van der Waals surface area contributed by atoms with E-state index in [-0.39, 0.29) is 0 Å². The summed E-state index contributed by atoms with van der Waals surface area (Å²) in [7, 11) is 0. The standard InChI is InChI=1S/C13H12N4/c1-10-4-5-15-8-12(10)9-17-13-3-2-11(6-14)7-16-13/h2-5,7-8H,9H2,1H3,(H,16,17). The molecule has 4 nitrogen and oxygen atoms in total. The van der Waals surface area contributed by atoms with Gasteiger partial charge >= 0.3 is 0 Å². The summed E-state index contributed by atoms with van der Waals surface area (Å²) in [6.07, 6.45) is 5.17. The van der Waals surface area contributed by atoms with E-state index in [2.05, 4.69) is 15.3 Å². The molecule has 0 atom stereocenters. The molecule has 0 spiro atoms. The predicted molar refractivity (Wildman–Crippen MR) is 65.3 cm³/mol. The van der Waals surface area contributed by atoms with Crippen molar-refractivity contribution in [2.75, 3.05) is 5.32 Å². The van der Waals surface area contributed by atoms with E-state index in [0.29, 0.717) is 12.1 Å². The Morgan fingerprint density at radius 1 is 1.29 bits per heavy atom. The highest BCUT2D eigenvalue weighted by atomic mass is 15.0. The summed E-state index contributed by atoms with van der Waals surface area (Å²) in [5, 5.41) is 11.8. The normalized spacial score (nSPS) is 9.65. The molecule has 2 aromatic rings. The first-order valence-corrected chi connectivity index (χ1v) is 5.29. The fourth-order valence-electron chi connectivity index (χ4n) is 1.43. The van der Waals surface area contributed by atoms with Crippen LogP contribution in [0.25, 0.3) is 0 Å². The molecule has 2 aromatic heterocycles. The van der Waals surface area contributed by atoms with Crippen LogP contribution >= 0.6 is 0 Å². The number of aryl methyl sites for hydroxylation is 1. The molecule has 0 aliphatic carbocycles. The molecule has 84 valence electrons. The van der Waals surface area contributed by atoms with E-state index < -0.39 is 0 Å². The lowest BCUT2D eigenvalue weighted by Crippen LogP contribution is -2.03. The number of rotatable bonds is 3. The van der Waals surface area contributed by atoms with Gasteiger partial charge in [-0.1, -0.05) is 0 Å². The predicted octanol–water partition coefficient (Wildman–Crippen LogP) is 2.27. The Balaban J connectivity index is 2.03. The number of hydrogen-bond donors (Lipinski definition) is 1. The molecular formula is C13H12N4. The number of nitrogens with zero attached hydrogens (tertiary/aromatic N) is 3. The fraction of sp³-hybridized carbons (Fsp3) is 0.154. The van der Waals surface area contributed by atoms with Crippen LogP contribution in [0.4, 0.5) is 5.82 Å². The maximum atomic E-state index is 8.65. The highest BCUT2D eigenvalue weighted by Gasteiger charge is 1.99. The number of aromatic nitrogens is 2. The third kappa shape index (κ3) is 2.79. The van der Waals surface area contributed by atoms with Crippen molar-refractivity contribution in [3.05, 3.63) is 53.5 Å². The molecule has 4 heteroatoms. The summed E-state index contributed by atoms with van der Waals surface area (Å²) in [5.74, 6) is 0.757. The maximum Gasteiger partial charge on any atom is 0.126 e. The van der Waals surface area contributed by atoms with Gasteiger partial charge in [-0.15, -0.1) is 0 Å². The van der Waals surface area contributed by atoms with Crippen LogP contribution in [0.2, 0.25) is 0 Å². The Morgan fingerprint density at radius 3 is 2.82 bits per heavy atom. The van der Waals surface area contributed by atoms with E-state index in [0.717, 1.165) is 11.4 Å². The molecule has 0 aliphatic heterocycles. The fourth-order valence-corrected chi connectivity index (χ4v) is 1.43. The van der Waals surface area contributed by atoms with Crippen LogP contribution in [0.1, 0.15) is 16.7 Å². The Labute approximate surface area is 100.0 Å². The maximum absolute atomic E-state index is 8.65. The molecule has 0 fully saturated rings. The highest BCUT2D eigenvalue weighted by Crippen LogP contribution is 2.09. The number of anilines is 1. The topological polar surface area (TPSA) is 61.6 Å². The molecule has 0 unspecified atom stereocenters. The van der Waals surface area contributed by atoms with E-state index >= 15 is 0 Å². The van der Waals surface area contributed by atoms with Gasteiger partial charge in [0.25, 0.3) is 0 Å². The van der Waals surface area contributed by atoms with Gasteiger partial charge in [0, 0.05) is 25.1 Å². The van der Waals surface area contributed by atoms with Gasteiger partial charge in [-0.25, -0.2) is 4.98 Å². The summed E-state index contributed by atoms with van der Waals surface area (Å²) in [6, 6.07) is 7.55. The van der Waals surface area contributed by atoms with Gasteiger partial charge in [0.15, 0.2) is 0 Å². The Bertz CT molecular complexity index is 540. The van der Waals surface area contributed by atoms with Crippen molar-refractivity contribution in [2.24, 2.45) is 0 Å². The van der Waals surface area contributed by atoms with Crippen molar-refractivity contribution >= 4 is 5.82 Å². The summed E-state index contributed by atoms with van der Waals surface area (Å²) >= 11 is 0. The van der Waals surface area contributed by atoms with Crippen LogP contribution in [0.15, 0.2) is 36.8 Å². The third-order valence-corrected chi connectivity index (χ3v) is 2.50. The van der Waals surface area contributed by atoms with Crippen LogP contribution in [0.5, 0.6) is 0 Å². The van der Waals surface area contributed by atoms with E-state index in [1.807, 2.05) is 25.3 Å². The third-order valence-electron chi connectivity index (χ3n) is 2.50. The van der Waals surface area contributed by atoms with Crippen LogP contribution in [-0.4, -0.2) is 9.97 Å². The number of hydrogen-bond acceptors (Lipinski definition) is 4. The van der Waals surface area contributed by atoms with Crippen molar-refractivity contribution in [2.45, 2.75) is 13.5 Å². The minimum Gasteiger partial charge on any atom is -0.366 e. The number of nitriles is 1. The van der Waals surface area contributed by atoms with Crippen LogP contribution in [0, 0.1) is 18.3 Å². The molecule has 0 saturated heterocycles. The van der Waals surface area contributed by atoms with E-state index in [9.17, 15) is 0 Å². The lowest BCUT2D eigenvalue weighted by atomic mass is 10.1. The molecule has 0 saturated carbocycles. The SMILES string of the molecule is Cc1ccncc1CNc1ccc(C#N)cn1. The smallest absolute Gasteiger partial charge is 0.126 e. The minimum absolute atomic E-state index is 0.563. The van der Waals surface area contributed by atoms with Crippen LogP contribution < -0.4 is 5.32 Å². The molecule has 0 bridgehead atoms. The quantitative estimate of drug-likeness (QED) is 0.868. The molecular weight excluding hydrogens is 212 g/mol. The number of nitrogens with one attached hydrogen (secondary N) is 1. The molecule has 0 aliphatic rings. The second kappa shape index (κ2) is 5.08. The minimum atomic E-state index is 0.563. The molecule has 1 N–H and O–H groups in total. The van der Waals surface area contributed by atoms with E-state index in [1.165, 1.54) is 5.56 Å². The average molecular weight is 224 g/mol. The van der Waals surface area contributed by atoms with Crippen molar-refractivity contribution < 1.29 is 0 Å². The molecule has 17 heavy (non-hydrogen) atoms. The molecule has 0 aromatic carbocycles. The van der Waals surface area contributed by atoms with Gasteiger partial charge < -0.3 is 5.32 Å². The monoisotopic (exact) mass is 224 g/mol. The lowest BCUT2D eigenvalue weighted by Gasteiger charge is -2.07. The van der Waals surface area contributed by atoms with Crippen molar-refractivity contribution in [3.8, 4) is 6.07 Å². The van der Waals surface area contributed by atoms with E-state index in [4.69, 9.17) is 5.26 Å². The van der Waals surface area contributed by atoms with Gasteiger partial charge in [0.1, 0.15) is 11.9 Å². The molecule has 0 amide bonds. The van der Waals surface area contributed by atoms with Gasteiger partial charge in [-0.3, -0.25) is 4.98 Å². The Morgan fingerprint density at radius 2 is 2.18 bits per heavy atom. The second-order valence-corrected chi connectivity index (χ2v) is 3.70. The first-order chi connectivity index (χ1) is 8.29. The van der Waals surface area contributed by atoms with Gasteiger partial charge in [0.05, 0.1) is 5.56 Å². The van der Waals surface area contributed by atoms with Gasteiger partial charge in [-0.05, 0) is 36.2 Å². The largest absolute Gasteiger partial charge is 0.366 e. The second-order valence-electron chi connectivity index (χ2n) is 3.70. The van der Waals surface area contributed by atoms with Crippen molar-refractivity contribution in [1.82, 2.24) is 9.97 Å². The summed E-state index contributed by atoms with van der Waals surface area (Å²) in [6.45, 7) is 2.73. The molecule has 0 radical (unpaired) electrons. The summed E-state index contributed by atoms with van der Waals surface area (Å²) < 4.78 is 0. The highest BCUT2D eigenvalue weighted by molar-refractivity contribution is 5.40. The van der Waals surface area contributed by atoms with Crippen LogP contribution in [0.3, 0.4) is 0 Å². The summed E-state index contributed by atoms with van der Waals surface area (Å²) in [5.41, 5.74) is 2.90. The zero-order chi connectivity index (χ0) is 12.1. The van der Waals surface area contributed by atoms with E-state index in [1.54, 1.807) is 24.5 Å². The Kier molecular flexibility index (Phi) is 3.31. The lowest BCUT2D eigenvalue weighted by molar-refractivity contribution is 1.06. The zero-order valence-corrected chi connectivity index (χ0v) is 9.51. The first kappa shape index (κ1) is 11.1. The van der Waals surface area contributed by atoms with Crippen molar-refractivity contribution in [3.63, 3.8) is 0 Å². The zero-order valence-electron chi connectivity index (χ0n) is 9.51. The first-order valence-electron chi connectivity index (χ1n) is 5.29. The van der Waals surface area contributed by atoms with Gasteiger partial charge in [0.2, 0.25) is 0 Å².